The maximum Gasteiger partial charge on any atom is 2.00 e. The SMILES string of the molecule is CN=Cc1ccc(C=Nc2ccc3c(c2)-c2nc-3nc3[n-]c(nc4nc(nc5[n-]c(n2)c2ccc(C)cc52)-c2cc(C)ccc2-4)c2cc(N=Cc4ccc(C=NC)cc4)ccc32)cc1.[Pd+2]. The number of hydrogen-bond acceptors (Lipinski definition) is 10. The monoisotopic (exact) mass is 934 g/mol. The van der Waals surface area contributed by atoms with E-state index in [1.165, 1.54) is 0 Å². The van der Waals surface area contributed by atoms with Crippen LogP contribution in [-0.4, -0.2) is 68.9 Å². The second-order valence-electron chi connectivity index (χ2n) is 15.7. The Morgan fingerprint density at radius 3 is 1.29 bits per heavy atom. The van der Waals surface area contributed by atoms with Crippen LogP contribution in [0.1, 0.15) is 33.4 Å². The molecule has 8 bridgehead atoms. The standard InChI is InChI=1S/C52H36N12.Pd/c1-29-5-17-37-41(21-29)49-58-45(37)60-51-43-23-35(55-27-33-11-7-31(8-12-33)25-53-3)15-19-39(43)47(62-51)57-48-40-20-16-36(56-28-34-13-9-32(10-14-34)26-54-4)24-44(40)52(63-48)61-46-38-18-6-30(2)22-42(38)50(59-46)64-49;/h5-28H,1-4H3;/q-2;+2. The Hall–Kier alpha value is -7.98. The average Bonchev–Trinajstić information content (AvgIpc) is 4.03. The summed E-state index contributed by atoms with van der Waals surface area (Å²) in [5.74, 6) is 1.91. The van der Waals surface area contributed by atoms with E-state index >= 15 is 0 Å². The number of aryl methyl sites for hydroxylation is 2. The molecule has 0 atom stereocenters. The van der Waals surface area contributed by atoms with Crippen molar-refractivity contribution in [3.05, 3.63) is 155 Å². The van der Waals surface area contributed by atoms with Crippen LogP contribution in [0, 0.1) is 13.8 Å². The van der Waals surface area contributed by atoms with Gasteiger partial charge in [0.2, 0.25) is 0 Å². The molecule has 11 rings (SSSR count). The van der Waals surface area contributed by atoms with Gasteiger partial charge in [0.15, 0.2) is 0 Å². The molecule has 3 aromatic heterocycles. The maximum atomic E-state index is 5.17. The Bertz CT molecular complexity index is 3660. The molecular formula is C52H36N12Pd. The number of aliphatic imine (C=N–C) groups is 4. The van der Waals surface area contributed by atoms with Gasteiger partial charge < -0.3 is 29.9 Å². The van der Waals surface area contributed by atoms with E-state index in [-0.39, 0.29) is 20.4 Å². The van der Waals surface area contributed by atoms with Crippen molar-refractivity contribution in [2.75, 3.05) is 14.1 Å². The minimum absolute atomic E-state index is 0. The smallest absolute Gasteiger partial charge is 0.357 e. The topological polar surface area (TPSA) is 155 Å². The number of hydrogen-bond donors (Lipinski definition) is 0. The molecule has 65 heavy (non-hydrogen) atoms. The minimum atomic E-state index is 0. The summed E-state index contributed by atoms with van der Waals surface area (Å²) in [4.78, 5) is 58.8. The first-order valence-electron chi connectivity index (χ1n) is 20.7. The van der Waals surface area contributed by atoms with Crippen LogP contribution in [0.5, 0.6) is 0 Å². The Morgan fingerprint density at radius 1 is 0.369 bits per heavy atom. The van der Waals surface area contributed by atoms with Crippen LogP contribution in [0.15, 0.2) is 141 Å². The second-order valence-corrected chi connectivity index (χ2v) is 15.7. The van der Waals surface area contributed by atoms with Crippen molar-refractivity contribution in [3.63, 3.8) is 0 Å². The van der Waals surface area contributed by atoms with E-state index in [1.807, 2.05) is 122 Å². The predicted molar refractivity (Wildman–Crippen MR) is 258 cm³/mol. The molecule has 0 N–H and O–H groups in total. The molecule has 0 aliphatic carbocycles. The molecule has 13 heteroatoms. The van der Waals surface area contributed by atoms with Gasteiger partial charge in [0.05, 0.1) is 34.7 Å². The van der Waals surface area contributed by atoms with Crippen molar-refractivity contribution in [2.45, 2.75) is 13.8 Å². The van der Waals surface area contributed by atoms with Crippen LogP contribution in [0.3, 0.4) is 0 Å². The molecule has 2 aliphatic heterocycles. The van der Waals surface area contributed by atoms with Crippen LogP contribution in [0.25, 0.3) is 89.7 Å². The molecular weight excluding hydrogens is 899 g/mol. The Morgan fingerprint density at radius 2 is 0.754 bits per heavy atom. The largest absolute Gasteiger partial charge is 2.00 e. The summed E-state index contributed by atoms with van der Waals surface area (Å²) in [6.45, 7) is 4.11. The van der Waals surface area contributed by atoms with Gasteiger partial charge in [-0.1, -0.05) is 96.1 Å². The molecule has 2 aliphatic rings. The zero-order chi connectivity index (χ0) is 43.3. The van der Waals surface area contributed by atoms with Crippen molar-refractivity contribution in [1.29, 1.82) is 0 Å². The van der Waals surface area contributed by atoms with Crippen LogP contribution in [-0.2, 0) is 20.4 Å². The molecule has 0 amide bonds. The summed E-state index contributed by atoms with van der Waals surface area (Å²) in [5, 5.41) is 3.27. The van der Waals surface area contributed by atoms with Crippen molar-refractivity contribution in [2.24, 2.45) is 20.0 Å². The van der Waals surface area contributed by atoms with Gasteiger partial charge in [-0.2, -0.15) is 0 Å². The van der Waals surface area contributed by atoms with Crippen molar-refractivity contribution < 1.29 is 20.4 Å². The fourth-order valence-corrected chi connectivity index (χ4v) is 7.96. The quantitative estimate of drug-likeness (QED) is 0.118. The van der Waals surface area contributed by atoms with Crippen LogP contribution >= 0.6 is 0 Å². The van der Waals surface area contributed by atoms with Crippen molar-refractivity contribution in [1.82, 2.24) is 39.9 Å². The summed E-state index contributed by atoms with van der Waals surface area (Å²) in [5.41, 5.74) is 12.8. The molecule has 0 radical (unpaired) electrons. The number of aromatic nitrogens is 8. The summed E-state index contributed by atoms with van der Waals surface area (Å²) in [7, 11) is 3.52. The molecule has 0 fully saturated rings. The first-order chi connectivity index (χ1) is 31.3. The molecule has 5 heterocycles. The molecule has 314 valence electrons. The van der Waals surface area contributed by atoms with Gasteiger partial charge >= 0.3 is 20.4 Å². The summed E-state index contributed by atoms with van der Waals surface area (Å²) in [6.07, 6.45) is 7.32. The third kappa shape index (κ3) is 7.88. The van der Waals surface area contributed by atoms with Crippen molar-refractivity contribution in [3.8, 4) is 45.6 Å². The number of benzene rings is 6. The molecule has 12 nitrogen and oxygen atoms in total. The number of rotatable bonds is 6. The van der Waals surface area contributed by atoms with Gasteiger partial charge in [-0.05, 0) is 94.0 Å². The van der Waals surface area contributed by atoms with E-state index in [0.29, 0.717) is 45.9 Å². The van der Waals surface area contributed by atoms with Crippen LogP contribution in [0.4, 0.5) is 11.4 Å². The van der Waals surface area contributed by atoms with Gasteiger partial charge in [-0.25, -0.2) is 9.97 Å². The summed E-state index contributed by atoms with van der Waals surface area (Å²) in [6, 6.07) is 40.3. The van der Waals surface area contributed by atoms with E-state index in [1.54, 1.807) is 14.1 Å². The third-order valence-electron chi connectivity index (χ3n) is 11.1. The van der Waals surface area contributed by atoms with Crippen LogP contribution in [0.2, 0.25) is 0 Å². The molecule has 9 aromatic rings. The fraction of sp³-hybridized carbons (Fsp3) is 0.0769. The fourth-order valence-electron chi connectivity index (χ4n) is 7.96. The molecule has 0 spiro atoms. The van der Waals surface area contributed by atoms with Gasteiger partial charge in [-0.3, -0.25) is 20.0 Å². The molecule has 0 unspecified atom stereocenters. The van der Waals surface area contributed by atoms with Gasteiger partial charge in [0, 0.05) is 83.8 Å². The Labute approximate surface area is 386 Å². The zero-order valence-corrected chi connectivity index (χ0v) is 37.1. The molecule has 0 saturated carbocycles. The van der Waals surface area contributed by atoms with E-state index < -0.39 is 0 Å². The number of fused-ring (bicyclic) bond motifs is 20. The molecule has 0 saturated heterocycles. The second kappa shape index (κ2) is 17.0. The Balaban J connectivity index is 0.00000498. The predicted octanol–water partition coefficient (Wildman–Crippen LogP) is 10.3. The van der Waals surface area contributed by atoms with Crippen molar-refractivity contribution >= 4 is 80.4 Å². The van der Waals surface area contributed by atoms with E-state index in [2.05, 4.69) is 48.1 Å². The average molecular weight is 935 g/mol. The first-order valence-corrected chi connectivity index (χ1v) is 20.7. The van der Waals surface area contributed by atoms with Crippen LogP contribution < -0.4 is 9.97 Å². The van der Waals surface area contributed by atoms with Gasteiger partial charge in [0.1, 0.15) is 0 Å². The zero-order valence-electron chi connectivity index (χ0n) is 35.5. The first kappa shape index (κ1) is 41.1. The normalized spacial score (nSPS) is 12.2. The minimum Gasteiger partial charge on any atom is -0.357 e. The van der Waals surface area contributed by atoms with E-state index in [9.17, 15) is 0 Å². The summed E-state index contributed by atoms with van der Waals surface area (Å²) >= 11 is 0. The summed E-state index contributed by atoms with van der Waals surface area (Å²) < 4.78 is 0. The third-order valence-corrected chi connectivity index (χ3v) is 11.1. The maximum absolute atomic E-state index is 5.17. The van der Waals surface area contributed by atoms with Gasteiger partial charge in [0.25, 0.3) is 0 Å². The van der Waals surface area contributed by atoms with Gasteiger partial charge in [-0.15, -0.1) is 0 Å². The van der Waals surface area contributed by atoms with E-state index in [4.69, 9.17) is 49.9 Å². The van der Waals surface area contributed by atoms with E-state index in [0.717, 1.165) is 88.6 Å². The molecule has 6 aromatic carbocycles. The number of nitrogens with zero attached hydrogens (tertiary/aromatic N) is 12. The Kier molecular flexibility index (Phi) is 10.7.